The van der Waals surface area contributed by atoms with E-state index in [9.17, 15) is 19.5 Å². The van der Waals surface area contributed by atoms with Crippen LogP contribution in [0.5, 0.6) is 5.75 Å². The molecule has 0 unspecified atom stereocenters. The van der Waals surface area contributed by atoms with Gasteiger partial charge in [-0.15, -0.1) is 0 Å². The van der Waals surface area contributed by atoms with Crippen molar-refractivity contribution in [3.05, 3.63) is 46.5 Å². The molecule has 4 atom stereocenters. The Morgan fingerprint density at radius 1 is 1.11 bits per heavy atom. The molecule has 37 heavy (non-hydrogen) atoms. The van der Waals surface area contributed by atoms with Crippen molar-refractivity contribution in [3.8, 4) is 5.75 Å². The van der Waals surface area contributed by atoms with Crippen molar-refractivity contribution in [3.63, 3.8) is 0 Å². The second-order valence-corrected chi connectivity index (χ2v) is 11.0. The van der Waals surface area contributed by atoms with Crippen molar-refractivity contribution >= 4 is 23.9 Å². The van der Waals surface area contributed by atoms with Crippen molar-refractivity contribution in [2.45, 2.75) is 71.8 Å². The number of rotatable bonds is 11. The minimum absolute atomic E-state index is 0.0583. The Kier molecular flexibility index (Phi) is 8.53. The number of carboxylic acids is 1. The first-order valence-electron chi connectivity index (χ1n) is 13.6. The molecular weight excluding hydrogens is 470 g/mol. The number of nitrogens with zero attached hydrogens (tertiary/aromatic N) is 1. The third-order valence-electron chi connectivity index (χ3n) is 8.14. The quantitative estimate of drug-likeness (QED) is 0.242. The molecule has 2 heterocycles. The number of amides is 2. The predicted molar refractivity (Wildman–Crippen MR) is 141 cm³/mol. The fourth-order valence-electron chi connectivity index (χ4n) is 6.27. The maximum absolute atomic E-state index is 13.4. The summed E-state index contributed by atoms with van der Waals surface area (Å²) in [6, 6.07) is 7.28. The molecule has 1 aromatic rings. The van der Waals surface area contributed by atoms with Crippen LogP contribution < -0.4 is 0 Å². The van der Waals surface area contributed by atoms with E-state index in [4.69, 9.17) is 9.84 Å². The molecule has 2 aliphatic heterocycles. The lowest BCUT2D eigenvalue weighted by Gasteiger charge is -2.33. The van der Waals surface area contributed by atoms with Crippen molar-refractivity contribution in [2.24, 2.45) is 23.7 Å². The average Bonchev–Trinajstić information content (AvgIpc) is 3.37. The molecule has 0 bridgehead atoms. The second-order valence-electron chi connectivity index (χ2n) is 11.0. The maximum Gasteiger partial charge on any atom is 0.303 e. The number of para-hydroxylation sites is 1. The molecule has 0 spiro atoms. The van der Waals surface area contributed by atoms with E-state index in [0.29, 0.717) is 38.8 Å². The van der Waals surface area contributed by atoms with Gasteiger partial charge in [-0.05, 0) is 56.6 Å². The number of phenolic OH excluding ortho intramolecular Hbond substituents is 1. The van der Waals surface area contributed by atoms with E-state index >= 15 is 0 Å². The van der Waals surface area contributed by atoms with Gasteiger partial charge in [-0.3, -0.25) is 19.3 Å². The number of hydrogen-bond donors (Lipinski definition) is 2. The number of likely N-dealkylation sites (tertiary alicyclic amines) is 1. The zero-order valence-corrected chi connectivity index (χ0v) is 22.1. The number of unbranched alkanes of at least 4 members (excludes halogenated alkanes) is 2. The Morgan fingerprint density at radius 2 is 1.86 bits per heavy atom. The molecule has 4 rings (SSSR count). The molecule has 0 radical (unpaired) electrons. The van der Waals surface area contributed by atoms with Crippen LogP contribution in [0.2, 0.25) is 0 Å². The lowest BCUT2D eigenvalue weighted by atomic mass is 9.67. The molecule has 2 N–H and O–H groups in total. The summed E-state index contributed by atoms with van der Waals surface area (Å²) in [7, 11) is 0. The summed E-state index contributed by atoms with van der Waals surface area (Å²) >= 11 is 0. The Hall–Kier alpha value is -2.93. The second kappa shape index (κ2) is 11.6. The van der Waals surface area contributed by atoms with Crippen LogP contribution in [0.15, 0.2) is 41.0 Å². The number of imide groups is 1. The number of carbonyl (C=O) groups is 3. The number of carboxylic acid groups (broad SMARTS) is 1. The van der Waals surface area contributed by atoms with E-state index in [1.807, 2.05) is 18.2 Å². The van der Waals surface area contributed by atoms with Gasteiger partial charge in [0.2, 0.25) is 11.8 Å². The van der Waals surface area contributed by atoms with Crippen LogP contribution >= 0.6 is 0 Å². The lowest BCUT2D eigenvalue weighted by molar-refractivity contribution is -0.141. The average molecular weight is 510 g/mol. The number of allylic oxidation sites excluding steroid dienone is 2. The topological polar surface area (TPSA) is 104 Å². The number of ether oxygens (including phenoxy) is 1. The van der Waals surface area contributed by atoms with E-state index in [0.717, 1.165) is 24.0 Å². The highest BCUT2D eigenvalue weighted by Gasteiger charge is 2.56. The number of fused-ring (bicyclic) bond motifs is 3. The fraction of sp³-hybridized carbons (Fsp3) is 0.567. The highest BCUT2D eigenvalue weighted by molar-refractivity contribution is 6.06. The van der Waals surface area contributed by atoms with E-state index in [-0.39, 0.29) is 53.8 Å². The summed E-state index contributed by atoms with van der Waals surface area (Å²) in [5, 5.41) is 18.9. The number of aliphatic carboxylic acids is 1. The van der Waals surface area contributed by atoms with Gasteiger partial charge in [-0.25, -0.2) is 0 Å². The molecule has 2 fully saturated rings. The first kappa shape index (κ1) is 27.1. The van der Waals surface area contributed by atoms with E-state index in [1.54, 1.807) is 12.1 Å². The molecule has 3 aliphatic rings. The molecule has 1 aromatic carbocycles. The Balaban J connectivity index is 1.45. The molecular formula is C30H39NO6. The number of benzene rings is 1. The van der Waals surface area contributed by atoms with Gasteiger partial charge in [-0.2, -0.15) is 0 Å². The summed E-state index contributed by atoms with van der Waals surface area (Å²) in [4.78, 5) is 38.9. The van der Waals surface area contributed by atoms with Gasteiger partial charge < -0.3 is 14.9 Å². The smallest absolute Gasteiger partial charge is 0.303 e. The number of phenols is 1. The third kappa shape index (κ3) is 5.82. The van der Waals surface area contributed by atoms with Gasteiger partial charge in [0.1, 0.15) is 5.75 Å². The molecule has 1 aliphatic carbocycles. The first-order valence-corrected chi connectivity index (χ1v) is 13.6. The highest BCUT2D eigenvalue weighted by Crippen LogP contribution is 2.51. The van der Waals surface area contributed by atoms with E-state index in [1.165, 1.54) is 16.0 Å². The van der Waals surface area contributed by atoms with E-state index in [2.05, 4.69) is 20.8 Å². The van der Waals surface area contributed by atoms with Crippen LogP contribution in [0, 0.1) is 23.7 Å². The number of aromatic hydroxyl groups is 1. The number of hydrogen-bond acceptors (Lipinski definition) is 5. The normalized spacial score (nSPS) is 25.7. The van der Waals surface area contributed by atoms with E-state index < -0.39 is 5.97 Å². The third-order valence-corrected chi connectivity index (χ3v) is 8.14. The summed E-state index contributed by atoms with van der Waals surface area (Å²) in [6.45, 7) is 7.19. The summed E-state index contributed by atoms with van der Waals surface area (Å²) in [5.74, 6) is -1.18. The molecule has 2 amide bonds. The molecule has 0 aromatic heterocycles. The van der Waals surface area contributed by atoms with Crippen molar-refractivity contribution in [1.82, 2.24) is 4.90 Å². The van der Waals surface area contributed by atoms with Gasteiger partial charge in [0.15, 0.2) is 0 Å². The van der Waals surface area contributed by atoms with Crippen molar-refractivity contribution in [2.75, 3.05) is 13.2 Å². The monoisotopic (exact) mass is 509 g/mol. The van der Waals surface area contributed by atoms with Gasteiger partial charge >= 0.3 is 5.97 Å². The van der Waals surface area contributed by atoms with Crippen LogP contribution in [0.25, 0.3) is 6.08 Å². The van der Waals surface area contributed by atoms with Crippen LogP contribution in [-0.2, 0) is 19.1 Å². The highest BCUT2D eigenvalue weighted by atomic mass is 16.5. The lowest BCUT2D eigenvalue weighted by Crippen LogP contribution is -2.35. The van der Waals surface area contributed by atoms with Gasteiger partial charge in [0, 0.05) is 24.4 Å². The van der Waals surface area contributed by atoms with Crippen molar-refractivity contribution < 1.29 is 29.3 Å². The molecule has 0 saturated carbocycles. The van der Waals surface area contributed by atoms with Gasteiger partial charge in [0.05, 0.1) is 24.5 Å². The number of carbonyl (C=O) groups excluding carboxylic acids is 2. The first-order chi connectivity index (χ1) is 17.7. The van der Waals surface area contributed by atoms with Crippen molar-refractivity contribution in [1.29, 1.82) is 0 Å². The minimum atomic E-state index is -0.821. The van der Waals surface area contributed by atoms with Gasteiger partial charge in [0.25, 0.3) is 0 Å². The standard InChI is InChI=1S/C30H39NO6/c1-18(2)21-16-22-28(30(36)31(29(22)35)14-8-4-5-11-26(33)34)23-17-37-25(27(21)23)13-12-19(3)15-20-9-6-7-10-24(20)32/h6-7,9-10,15,18,22-23,25,28,32H,4-5,8,11-14,16-17H2,1-3H3,(H,33,34)/b19-15+/t22-,23+,25-,28-/m1/s1. The molecule has 7 nitrogen and oxygen atoms in total. The summed E-state index contributed by atoms with van der Waals surface area (Å²) in [5.41, 5.74) is 4.44. The van der Waals surface area contributed by atoms with Crippen LogP contribution in [0.1, 0.15) is 71.3 Å². The maximum atomic E-state index is 13.4. The zero-order valence-electron chi connectivity index (χ0n) is 22.1. The molecule has 200 valence electrons. The molecule has 7 heteroatoms. The van der Waals surface area contributed by atoms with Crippen LogP contribution in [0.4, 0.5) is 0 Å². The SMILES string of the molecule is C/C(=C\c1ccccc1O)CC[C@H]1OC[C@H]2C1=C(C(C)C)C[C@H]1C(=O)N(CCCCCC(=O)O)C(=O)[C@H]12. The van der Waals surface area contributed by atoms with Crippen LogP contribution in [-0.4, -0.2) is 52.2 Å². The Labute approximate surface area is 219 Å². The molecule has 2 saturated heterocycles. The minimum Gasteiger partial charge on any atom is -0.507 e. The Morgan fingerprint density at radius 3 is 2.57 bits per heavy atom. The Bertz CT molecular complexity index is 1100. The van der Waals surface area contributed by atoms with Gasteiger partial charge in [-0.1, -0.05) is 55.7 Å². The predicted octanol–water partition coefficient (Wildman–Crippen LogP) is 5.19. The van der Waals surface area contributed by atoms with Crippen LogP contribution in [0.3, 0.4) is 0 Å². The fourth-order valence-corrected chi connectivity index (χ4v) is 6.27. The zero-order chi connectivity index (χ0) is 26.7. The largest absolute Gasteiger partial charge is 0.507 e. The summed E-state index contributed by atoms with van der Waals surface area (Å²) in [6.07, 6.45) is 6.14. The summed E-state index contributed by atoms with van der Waals surface area (Å²) < 4.78 is 6.30.